The molecule has 4 atom stereocenters. The van der Waals surface area contributed by atoms with Crippen LogP contribution in [0, 0.1) is 11.8 Å². The summed E-state index contributed by atoms with van der Waals surface area (Å²) < 4.78 is 0. The molecule has 0 radical (unpaired) electrons. The summed E-state index contributed by atoms with van der Waals surface area (Å²) in [6.07, 6.45) is 16.5. The number of aliphatic hydroxyl groups excluding tert-OH is 1. The van der Waals surface area contributed by atoms with Gasteiger partial charge in [-0.2, -0.15) is 0 Å². The molecule has 1 aliphatic carbocycles. The average Bonchev–Trinajstić information content (AvgIpc) is 3.23. The largest absolute Gasteiger partial charge is 0.477 e. The molecule has 1 heterocycles. The third-order valence-corrected chi connectivity index (χ3v) is 7.42. The van der Waals surface area contributed by atoms with Crippen molar-refractivity contribution >= 4 is 28.9 Å². The second kappa shape index (κ2) is 12.7. The van der Waals surface area contributed by atoms with Crippen molar-refractivity contribution in [2.24, 2.45) is 11.8 Å². The zero-order chi connectivity index (χ0) is 20.4. The summed E-state index contributed by atoms with van der Waals surface area (Å²) in [7, 11) is 0. The number of carboxylic acid groups (broad SMARTS) is 1. The Kier molecular flexibility index (Phi) is 10.6. The number of hydrogen-bond acceptors (Lipinski definition) is 3. The van der Waals surface area contributed by atoms with Crippen LogP contribution in [-0.4, -0.2) is 27.7 Å². The number of aliphatic hydroxyl groups is 1. The Balaban J connectivity index is 1.74. The Morgan fingerprint density at radius 3 is 2.68 bits per heavy atom. The summed E-state index contributed by atoms with van der Waals surface area (Å²) in [5, 5.41) is 19.5. The van der Waals surface area contributed by atoms with Gasteiger partial charge in [-0.1, -0.05) is 51.2 Å². The molecule has 2 rings (SSSR count). The number of aryl methyl sites for hydroxylation is 1. The highest BCUT2D eigenvalue weighted by molar-refractivity contribution is 7.13. The Labute approximate surface area is 178 Å². The fraction of sp³-hybridized carbons (Fsp3) is 0.696. The fourth-order valence-electron chi connectivity index (χ4n) is 4.17. The van der Waals surface area contributed by atoms with Crippen LogP contribution in [0.15, 0.2) is 24.3 Å². The van der Waals surface area contributed by atoms with Gasteiger partial charge in [0, 0.05) is 16.2 Å². The molecule has 1 aromatic heterocycles. The average molecular weight is 427 g/mol. The van der Waals surface area contributed by atoms with Crippen LogP contribution < -0.4 is 0 Å². The first-order chi connectivity index (χ1) is 13.5. The molecule has 1 aliphatic rings. The number of carboxylic acids is 1. The standard InChI is InChI=1S/C23H35ClO3S/c1-2-3-4-5-6-7-8-9-12-19-18(20(24)16-21(19)25)13-10-11-17-14-15-22(28-17)23(26)27/h9,12,14-15,18-21,25H,2-8,10-11,13,16H2,1H3,(H,26,27)/t18-,19?,20?,21-/m1/s1. The van der Waals surface area contributed by atoms with Crippen LogP contribution in [0.1, 0.15) is 85.7 Å². The lowest BCUT2D eigenvalue weighted by Crippen LogP contribution is -2.18. The van der Waals surface area contributed by atoms with Crippen LogP contribution in [0.5, 0.6) is 0 Å². The van der Waals surface area contributed by atoms with Crippen LogP contribution in [0.2, 0.25) is 0 Å². The molecule has 0 aromatic carbocycles. The van der Waals surface area contributed by atoms with Gasteiger partial charge in [0.25, 0.3) is 0 Å². The molecule has 1 saturated carbocycles. The highest BCUT2D eigenvalue weighted by atomic mass is 35.5. The molecule has 1 fully saturated rings. The summed E-state index contributed by atoms with van der Waals surface area (Å²) in [5.41, 5.74) is 0. The van der Waals surface area contributed by atoms with Gasteiger partial charge in [0.15, 0.2) is 0 Å². The minimum Gasteiger partial charge on any atom is -0.477 e. The van der Waals surface area contributed by atoms with E-state index in [-0.39, 0.29) is 17.4 Å². The molecule has 5 heteroatoms. The van der Waals surface area contributed by atoms with Crippen molar-refractivity contribution in [3.8, 4) is 0 Å². The van der Waals surface area contributed by atoms with E-state index in [1.165, 1.54) is 49.9 Å². The van der Waals surface area contributed by atoms with Crippen molar-refractivity contribution in [2.45, 2.75) is 89.0 Å². The van der Waals surface area contributed by atoms with E-state index in [2.05, 4.69) is 19.1 Å². The Hall–Kier alpha value is -0.840. The van der Waals surface area contributed by atoms with Gasteiger partial charge in [-0.15, -0.1) is 22.9 Å². The van der Waals surface area contributed by atoms with Crippen molar-refractivity contribution in [3.63, 3.8) is 0 Å². The number of halogens is 1. The van der Waals surface area contributed by atoms with E-state index in [0.29, 0.717) is 17.2 Å². The summed E-state index contributed by atoms with van der Waals surface area (Å²) in [5.74, 6) is -0.400. The van der Waals surface area contributed by atoms with E-state index in [9.17, 15) is 9.90 Å². The third-order valence-electron chi connectivity index (χ3n) is 5.79. The normalized spacial score (nSPS) is 25.0. The molecule has 0 saturated heterocycles. The summed E-state index contributed by atoms with van der Waals surface area (Å²) in [4.78, 5) is 12.5. The number of hydrogen-bond donors (Lipinski definition) is 2. The molecule has 0 bridgehead atoms. The smallest absolute Gasteiger partial charge is 0.345 e. The van der Waals surface area contributed by atoms with Gasteiger partial charge >= 0.3 is 5.97 Å². The third kappa shape index (κ3) is 7.53. The molecule has 0 aliphatic heterocycles. The van der Waals surface area contributed by atoms with Crippen LogP contribution in [0.25, 0.3) is 0 Å². The van der Waals surface area contributed by atoms with Gasteiger partial charge in [0.05, 0.1) is 6.10 Å². The molecule has 2 unspecified atom stereocenters. The van der Waals surface area contributed by atoms with Gasteiger partial charge in [0.1, 0.15) is 4.88 Å². The molecular formula is C23H35ClO3S. The number of aromatic carboxylic acids is 1. The fourth-order valence-corrected chi connectivity index (χ4v) is 5.53. The molecule has 1 aromatic rings. The van der Waals surface area contributed by atoms with Gasteiger partial charge in [0.2, 0.25) is 0 Å². The molecule has 28 heavy (non-hydrogen) atoms. The molecule has 3 nitrogen and oxygen atoms in total. The van der Waals surface area contributed by atoms with Crippen LogP contribution in [-0.2, 0) is 6.42 Å². The zero-order valence-electron chi connectivity index (χ0n) is 17.0. The predicted molar refractivity (Wildman–Crippen MR) is 119 cm³/mol. The molecule has 0 amide bonds. The summed E-state index contributed by atoms with van der Waals surface area (Å²) in [6.45, 7) is 2.24. The second-order valence-corrected chi connectivity index (χ2v) is 9.74. The number of unbranched alkanes of at least 4 members (excludes halogenated alkanes) is 6. The first kappa shape index (κ1) is 23.4. The highest BCUT2D eigenvalue weighted by Crippen LogP contribution is 2.40. The maximum absolute atomic E-state index is 11.0. The number of allylic oxidation sites excluding steroid dienone is 1. The molecule has 158 valence electrons. The molecular weight excluding hydrogens is 392 g/mol. The quantitative estimate of drug-likeness (QED) is 0.210. The number of carbonyl (C=O) groups is 1. The lowest BCUT2D eigenvalue weighted by Gasteiger charge is -2.20. The lowest BCUT2D eigenvalue weighted by molar-refractivity contribution is 0.0702. The zero-order valence-corrected chi connectivity index (χ0v) is 18.6. The van der Waals surface area contributed by atoms with Crippen molar-refractivity contribution in [3.05, 3.63) is 34.0 Å². The Morgan fingerprint density at radius 2 is 1.96 bits per heavy atom. The van der Waals surface area contributed by atoms with Crippen molar-refractivity contribution < 1.29 is 15.0 Å². The molecule has 2 N–H and O–H groups in total. The van der Waals surface area contributed by atoms with Crippen molar-refractivity contribution in [2.75, 3.05) is 0 Å². The number of rotatable bonds is 13. The molecule has 0 spiro atoms. The summed E-state index contributed by atoms with van der Waals surface area (Å²) in [6, 6.07) is 3.59. The van der Waals surface area contributed by atoms with E-state index in [1.807, 2.05) is 6.07 Å². The van der Waals surface area contributed by atoms with Crippen LogP contribution >= 0.6 is 22.9 Å². The number of alkyl halides is 1. The first-order valence-corrected chi connectivity index (χ1v) is 12.1. The van der Waals surface area contributed by atoms with E-state index >= 15 is 0 Å². The van der Waals surface area contributed by atoms with Crippen molar-refractivity contribution in [1.29, 1.82) is 0 Å². The van der Waals surface area contributed by atoms with E-state index < -0.39 is 5.97 Å². The Bertz CT molecular complexity index is 613. The van der Waals surface area contributed by atoms with Gasteiger partial charge in [-0.25, -0.2) is 4.79 Å². The second-order valence-electron chi connectivity index (χ2n) is 8.01. The summed E-state index contributed by atoms with van der Waals surface area (Å²) >= 11 is 7.89. The van der Waals surface area contributed by atoms with Gasteiger partial charge in [-0.05, 0) is 56.6 Å². The van der Waals surface area contributed by atoms with Crippen LogP contribution in [0.3, 0.4) is 0 Å². The van der Waals surface area contributed by atoms with Gasteiger partial charge < -0.3 is 10.2 Å². The predicted octanol–water partition coefficient (Wildman–Crippen LogP) is 6.68. The van der Waals surface area contributed by atoms with E-state index in [0.717, 1.165) is 30.6 Å². The topological polar surface area (TPSA) is 57.5 Å². The monoisotopic (exact) mass is 426 g/mol. The van der Waals surface area contributed by atoms with Crippen molar-refractivity contribution in [1.82, 2.24) is 0 Å². The SMILES string of the molecule is CCCCCCCCC=CC1[C@@H](CCCc2ccc(C(=O)O)s2)C(Cl)C[C@H]1O. The number of thiophene rings is 1. The lowest BCUT2D eigenvalue weighted by atomic mass is 9.89. The maximum atomic E-state index is 11.0. The minimum atomic E-state index is -0.855. The Morgan fingerprint density at radius 1 is 1.21 bits per heavy atom. The van der Waals surface area contributed by atoms with E-state index in [1.54, 1.807) is 6.07 Å². The maximum Gasteiger partial charge on any atom is 0.345 e. The highest BCUT2D eigenvalue weighted by Gasteiger charge is 2.39. The minimum absolute atomic E-state index is 0.0246. The van der Waals surface area contributed by atoms with Gasteiger partial charge in [-0.3, -0.25) is 0 Å². The van der Waals surface area contributed by atoms with Crippen LogP contribution in [0.4, 0.5) is 0 Å². The van der Waals surface area contributed by atoms with E-state index in [4.69, 9.17) is 16.7 Å². The first-order valence-electron chi connectivity index (χ1n) is 10.8.